The van der Waals surface area contributed by atoms with Crippen LogP contribution in [0.2, 0.25) is 0 Å². The normalized spacial score (nSPS) is 20.3. The summed E-state index contributed by atoms with van der Waals surface area (Å²) >= 11 is 0. The first-order valence-electron chi connectivity index (χ1n) is 18.9. The molecule has 0 radical (unpaired) electrons. The van der Waals surface area contributed by atoms with Crippen molar-refractivity contribution in [1.82, 2.24) is 9.62 Å². The minimum Gasteiger partial charge on any atom is -0.392 e. The maximum Gasteiger partial charge on any atom is 0.242 e. The zero-order valence-corrected chi connectivity index (χ0v) is 33.0. The van der Waals surface area contributed by atoms with Gasteiger partial charge in [-0.25, -0.2) is 8.42 Å². The minimum atomic E-state index is -4.00. The minimum absolute atomic E-state index is 0.0589. The molecule has 1 heterocycles. The molecule has 1 amide bonds. The van der Waals surface area contributed by atoms with Crippen LogP contribution < -0.4 is 10.0 Å². The molecule has 5 aromatic rings. The summed E-state index contributed by atoms with van der Waals surface area (Å²) in [7, 11) is -2.03. The predicted molar refractivity (Wildman–Crippen MR) is 217 cm³/mol. The Hall–Kier alpha value is -4.72. The molecule has 0 aliphatic carbocycles. The number of amides is 1. The maximum absolute atomic E-state index is 13.8. The van der Waals surface area contributed by atoms with Crippen LogP contribution >= 0.6 is 0 Å². The maximum atomic E-state index is 13.8. The molecule has 0 saturated carbocycles. The summed E-state index contributed by atoms with van der Waals surface area (Å²) in [5.74, 6) is -0.573. The molecule has 4 N–H and O–H groups in total. The van der Waals surface area contributed by atoms with E-state index in [0.717, 1.165) is 33.4 Å². The molecule has 5 aromatic carbocycles. The highest BCUT2D eigenvalue weighted by Crippen LogP contribution is 2.42. The molecule has 1 aliphatic heterocycles. The first-order valence-corrected chi connectivity index (χ1v) is 20.4. The van der Waals surface area contributed by atoms with Crippen molar-refractivity contribution in [2.24, 2.45) is 5.92 Å². The highest BCUT2D eigenvalue weighted by Gasteiger charge is 2.39. The molecule has 10 nitrogen and oxygen atoms in total. The van der Waals surface area contributed by atoms with Crippen molar-refractivity contribution in [3.05, 3.63) is 167 Å². The molecule has 1 aliphatic rings. The summed E-state index contributed by atoms with van der Waals surface area (Å²) in [5.41, 5.74) is 5.54. The molecule has 0 aromatic heterocycles. The number of carbonyl (C=O) groups is 1. The Bertz CT molecular complexity index is 2120. The van der Waals surface area contributed by atoms with Crippen LogP contribution in [0.3, 0.4) is 0 Å². The van der Waals surface area contributed by atoms with Gasteiger partial charge in [0.25, 0.3) is 0 Å². The van der Waals surface area contributed by atoms with E-state index in [4.69, 9.17) is 9.47 Å². The molecule has 0 unspecified atom stereocenters. The van der Waals surface area contributed by atoms with E-state index in [1.54, 1.807) is 24.3 Å². The number of nitrogens with zero attached hydrogens (tertiary/aromatic N) is 1. The summed E-state index contributed by atoms with van der Waals surface area (Å²) in [6.45, 7) is 6.43. The summed E-state index contributed by atoms with van der Waals surface area (Å²) in [4.78, 5) is 15.9. The SMILES string of the molecule is Cc1ccc(S(=O)(=O)N[C@H](Cc2ccccc2)C(=O)Nc2ccc([C@@H]3O[C@H](CN(C)[C@@H](C)[C@H](O)c4ccccc4)[C@H](C)[C@H](c4ccc(CO)cc4)O3)cc2)cc1. The predicted octanol–water partition coefficient (Wildman–Crippen LogP) is 6.86. The molecule has 0 bridgehead atoms. The van der Waals surface area contributed by atoms with Gasteiger partial charge in [0.15, 0.2) is 6.29 Å². The number of hydrogen-bond donors (Lipinski definition) is 4. The number of likely N-dealkylation sites (N-methyl/N-ethyl adjacent to an activating group) is 1. The number of hydrogen-bond acceptors (Lipinski definition) is 8. The van der Waals surface area contributed by atoms with Crippen molar-refractivity contribution < 1.29 is 32.9 Å². The molecule has 56 heavy (non-hydrogen) atoms. The lowest BCUT2D eigenvalue weighted by Crippen LogP contribution is -2.46. The number of carbonyl (C=O) groups excluding carboxylic acids is 1. The number of aliphatic hydroxyl groups is 2. The van der Waals surface area contributed by atoms with Crippen molar-refractivity contribution >= 4 is 21.6 Å². The van der Waals surface area contributed by atoms with Crippen molar-refractivity contribution in [3.63, 3.8) is 0 Å². The van der Waals surface area contributed by atoms with Gasteiger partial charge in [0.05, 0.1) is 29.8 Å². The van der Waals surface area contributed by atoms with E-state index < -0.39 is 34.4 Å². The van der Waals surface area contributed by atoms with Crippen LogP contribution in [0.1, 0.15) is 65.7 Å². The average molecular weight is 778 g/mol. The molecule has 0 spiro atoms. The standard InChI is InChI=1S/C45H51N3O7S/c1-30-15-25-39(26-16-30)56(52,53)47-40(27-33-11-7-5-8-12-33)44(51)46-38-23-21-37(22-24-38)45-54-41(28-48(4)32(3)42(50)35-13-9-6-10-14-35)31(2)43(55-45)36-19-17-34(29-49)18-20-36/h5-26,31-32,40-43,45,47,49-50H,27-29H2,1-4H3,(H,46,51)/t31-,32-,40+,41+,42-,43+,45+/m0/s1. The number of aliphatic hydroxyl groups excluding tert-OH is 2. The fourth-order valence-electron chi connectivity index (χ4n) is 6.91. The topological polar surface area (TPSA) is 137 Å². The highest BCUT2D eigenvalue weighted by molar-refractivity contribution is 7.89. The Morgan fingerprint density at radius 1 is 0.804 bits per heavy atom. The largest absolute Gasteiger partial charge is 0.392 e. The molecule has 294 valence electrons. The quantitative estimate of drug-likeness (QED) is 0.0906. The second-order valence-electron chi connectivity index (χ2n) is 14.6. The van der Waals surface area contributed by atoms with E-state index in [1.165, 1.54) is 12.1 Å². The number of benzene rings is 5. The monoisotopic (exact) mass is 777 g/mol. The van der Waals surface area contributed by atoms with Gasteiger partial charge in [-0.1, -0.05) is 122 Å². The molecule has 11 heteroatoms. The van der Waals surface area contributed by atoms with Gasteiger partial charge in [0.2, 0.25) is 15.9 Å². The van der Waals surface area contributed by atoms with Crippen LogP contribution in [0.4, 0.5) is 5.69 Å². The number of rotatable bonds is 15. The number of ether oxygens (including phenoxy) is 2. The van der Waals surface area contributed by atoms with Gasteiger partial charge >= 0.3 is 0 Å². The lowest BCUT2D eigenvalue weighted by molar-refractivity contribution is -0.276. The van der Waals surface area contributed by atoms with Crippen molar-refractivity contribution in [1.29, 1.82) is 0 Å². The van der Waals surface area contributed by atoms with E-state index in [9.17, 15) is 23.4 Å². The first-order chi connectivity index (χ1) is 26.9. The molecule has 1 fully saturated rings. The Kier molecular flexibility index (Phi) is 13.5. The molecular weight excluding hydrogens is 727 g/mol. The number of aryl methyl sites for hydroxylation is 1. The van der Waals surface area contributed by atoms with E-state index in [2.05, 4.69) is 21.9 Å². The summed E-state index contributed by atoms with van der Waals surface area (Å²) in [6.07, 6.45) is -1.92. The third-order valence-electron chi connectivity index (χ3n) is 10.6. The van der Waals surface area contributed by atoms with Gasteiger partial charge in [-0.15, -0.1) is 0 Å². The van der Waals surface area contributed by atoms with Crippen LogP contribution in [0, 0.1) is 12.8 Å². The molecule has 6 rings (SSSR count). The molecule has 1 saturated heterocycles. The summed E-state index contributed by atoms with van der Waals surface area (Å²) in [6, 6.07) is 38.9. The van der Waals surface area contributed by atoms with Gasteiger partial charge in [-0.05, 0) is 73.8 Å². The first kappa shape index (κ1) is 40.9. The second kappa shape index (κ2) is 18.5. The number of sulfonamides is 1. The van der Waals surface area contributed by atoms with E-state index >= 15 is 0 Å². The third kappa shape index (κ3) is 10.2. The summed E-state index contributed by atoms with van der Waals surface area (Å²) < 4.78 is 42.7. The Morgan fingerprint density at radius 2 is 1.41 bits per heavy atom. The second-order valence-corrected chi connectivity index (χ2v) is 16.4. The van der Waals surface area contributed by atoms with Gasteiger partial charge < -0.3 is 25.0 Å². The fraction of sp³-hybridized carbons (Fsp3) is 0.311. The van der Waals surface area contributed by atoms with Crippen molar-refractivity contribution in [3.8, 4) is 0 Å². The van der Waals surface area contributed by atoms with Crippen LogP contribution in [0.25, 0.3) is 0 Å². The Labute approximate surface area is 330 Å². The van der Waals surface area contributed by atoms with Gasteiger partial charge in [0, 0.05) is 29.8 Å². The third-order valence-corrected chi connectivity index (χ3v) is 12.1. The number of anilines is 1. The van der Waals surface area contributed by atoms with Crippen molar-refractivity contribution in [2.45, 2.75) is 75.4 Å². The van der Waals surface area contributed by atoms with Gasteiger partial charge in [-0.2, -0.15) is 4.72 Å². The lowest BCUT2D eigenvalue weighted by atomic mass is 9.89. The van der Waals surface area contributed by atoms with Gasteiger partial charge in [-0.3, -0.25) is 9.69 Å². The Balaban J connectivity index is 1.20. The zero-order valence-electron chi connectivity index (χ0n) is 32.2. The summed E-state index contributed by atoms with van der Waals surface area (Å²) in [5, 5.41) is 23.7. The van der Waals surface area contributed by atoms with E-state index in [1.807, 2.05) is 118 Å². The van der Waals surface area contributed by atoms with Crippen LogP contribution in [-0.4, -0.2) is 61.2 Å². The smallest absolute Gasteiger partial charge is 0.242 e. The van der Waals surface area contributed by atoms with Crippen LogP contribution in [0.5, 0.6) is 0 Å². The zero-order chi connectivity index (χ0) is 39.8. The molecule has 7 atom stereocenters. The van der Waals surface area contributed by atoms with Gasteiger partial charge in [0.1, 0.15) is 6.04 Å². The van der Waals surface area contributed by atoms with Crippen molar-refractivity contribution in [2.75, 3.05) is 18.9 Å². The van der Waals surface area contributed by atoms with E-state index in [-0.39, 0.29) is 42.1 Å². The lowest BCUT2D eigenvalue weighted by Gasteiger charge is -2.43. The number of nitrogens with one attached hydrogen (secondary N) is 2. The highest BCUT2D eigenvalue weighted by atomic mass is 32.2. The Morgan fingerprint density at radius 3 is 2.04 bits per heavy atom. The van der Waals surface area contributed by atoms with E-state index in [0.29, 0.717) is 12.2 Å². The van der Waals surface area contributed by atoms with Crippen LogP contribution in [0.15, 0.2) is 138 Å². The average Bonchev–Trinajstić information content (AvgIpc) is 3.22. The van der Waals surface area contributed by atoms with Crippen LogP contribution in [-0.2, 0) is 37.3 Å². The molecular formula is C45H51N3O7S. The fourth-order valence-corrected chi connectivity index (χ4v) is 8.11.